The van der Waals surface area contributed by atoms with Crippen LogP contribution in [0.1, 0.15) is 61.9 Å². The first kappa shape index (κ1) is 26.0. The van der Waals surface area contributed by atoms with Gasteiger partial charge in [-0.25, -0.2) is 4.39 Å². The molecule has 5 rings (SSSR count). The molecule has 0 radical (unpaired) electrons. The molecule has 1 saturated heterocycles. The molecule has 200 valence electrons. The number of rotatable bonds is 5. The zero-order valence-electron chi connectivity index (χ0n) is 22.2. The van der Waals surface area contributed by atoms with Crippen molar-refractivity contribution < 1.29 is 14.0 Å². The number of piperazine rings is 1. The van der Waals surface area contributed by atoms with E-state index in [1.54, 1.807) is 24.7 Å². The number of hydrogen-bond donors (Lipinski definition) is 2. The van der Waals surface area contributed by atoms with Crippen LogP contribution in [-0.2, 0) is 4.79 Å². The van der Waals surface area contributed by atoms with Gasteiger partial charge in [-0.1, -0.05) is 6.92 Å². The summed E-state index contributed by atoms with van der Waals surface area (Å²) in [6, 6.07) is 6.63. The second-order valence-electron chi connectivity index (χ2n) is 11.0. The van der Waals surface area contributed by atoms with Crippen LogP contribution in [0.2, 0.25) is 0 Å². The van der Waals surface area contributed by atoms with Gasteiger partial charge in [-0.05, 0) is 74.8 Å². The van der Waals surface area contributed by atoms with E-state index in [1.165, 1.54) is 12.1 Å². The highest BCUT2D eigenvalue weighted by atomic mass is 19.1. The molecule has 2 amide bonds. The maximum absolute atomic E-state index is 14.9. The average molecular weight is 519 g/mol. The lowest BCUT2D eigenvalue weighted by atomic mass is 9.76. The molecule has 1 aromatic carbocycles. The summed E-state index contributed by atoms with van der Waals surface area (Å²) in [7, 11) is 0. The maximum atomic E-state index is 14.9. The van der Waals surface area contributed by atoms with Crippen LogP contribution in [0.5, 0.6) is 0 Å². The molecule has 3 N–H and O–H groups in total. The van der Waals surface area contributed by atoms with Crippen molar-refractivity contribution in [2.45, 2.75) is 58.0 Å². The third kappa shape index (κ3) is 5.20. The molecule has 2 aromatic heterocycles. The van der Waals surface area contributed by atoms with Crippen LogP contribution in [0.25, 0.3) is 10.9 Å². The Labute approximate surface area is 222 Å². The van der Waals surface area contributed by atoms with Gasteiger partial charge < -0.3 is 20.9 Å². The van der Waals surface area contributed by atoms with Gasteiger partial charge in [0.05, 0.1) is 41.4 Å². The van der Waals surface area contributed by atoms with Crippen molar-refractivity contribution in [3.05, 3.63) is 59.8 Å². The summed E-state index contributed by atoms with van der Waals surface area (Å²) in [6.45, 7) is 7.62. The van der Waals surface area contributed by atoms with E-state index in [0.717, 1.165) is 24.8 Å². The van der Waals surface area contributed by atoms with E-state index in [1.807, 2.05) is 29.7 Å². The van der Waals surface area contributed by atoms with E-state index < -0.39 is 5.82 Å². The molecule has 1 saturated carbocycles. The van der Waals surface area contributed by atoms with Gasteiger partial charge in [0.2, 0.25) is 5.91 Å². The number of nitrogens with two attached hydrogens (primary N) is 1. The molecule has 9 heteroatoms. The fourth-order valence-electron chi connectivity index (χ4n) is 5.95. The van der Waals surface area contributed by atoms with Crippen molar-refractivity contribution in [3.8, 4) is 0 Å². The molecule has 0 bridgehead atoms. The first-order valence-electron chi connectivity index (χ1n) is 13.3. The standard InChI is InChI=1S/C29H35FN6O2/c1-17(2)36-9-8-35(16-27(36)37)21-13-24-25(30)5-4-23(28(24)33-14-21)29(38)34-26-15-32-7-6-22(26)19-10-18(3)11-20(31)12-19/h4-7,13-15,17-20H,8-12,16,31H2,1-3H3,(H,34,38)/t18-,19+,20-/m0/s1. The number of nitrogens with zero attached hydrogens (tertiary/aromatic N) is 4. The minimum atomic E-state index is -0.467. The zero-order chi connectivity index (χ0) is 27.0. The highest BCUT2D eigenvalue weighted by molar-refractivity contribution is 6.12. The number of pyridine rings is 2. The number of anilines is 2. The smallest absolute Gasteiger partial charge is 0.257 e. The van der Waals surface area contributed by atoms with Crippen LogP contribution in [0.15, 0.2) is 42.9 Å². The van der Waals surface area contributed by atoms with Crippen molar-refractivity contribution in [2.75, 3.05) is 29.9 Å². The number of carbonyl (C=O) groups excluding carboxylic acids is 2. The summed E-state index contributed by atoms with van der Waals surface area (Å²) in [5.41, 5.74) is 9.15. The second kappa shape index (κ2) is 10.6. The van der Waals surface area contributed by atoms with E-state index >= 15 is 0 Å². The Morgan fingerprint density at radius 1 is 1.16 bits per heavy atom. The summed E-state index contributed by atoms with van der Waals surface area (Å²) < 4.78 is 14.9. The number of nitrogens with one attached hydrogen (secondary N) is 1. The average Bonchev–Trinajstić information content (AvgIpc) is 2.88. The van der Waals surface area contributed by atoms with E-state index in [0.29, 0.717) is 30.4 Å². The largest absolute Gasteiger partial charge is 0.359 e. The fourth-order valence-corrected chi connectivity index (χ4v) is 5.95. The molecule has 8 nitrogen and oxygen atoms in total. The minimum absolute atomic E-state index is 0.0283. The van der Waals surface area contributed by atoms with Crippen LogP contribution in [0.4, 0.5) is 15.8 Å². The van der Waals surface area contributed by atoms with E-state index in [4.69, 9.17) is 5.73 Å². The molecule has 3 heterocycles. The Morgan fingerprint density at radius 3 is 2.71 bits per heavy atom. The van der Waals surface area contributed by atoms with Crippen molar-refractivity contribution in [3.63, 3.8) is 0 Å². The van der Waals surface area contributed by atoms with Gasteiger partial charge >= 0.3 is 0 Å². The van der Waals surface area contributed by atoms with Gasteiger partial charge in [-0.3, -0.25) is 19.6 Å². The maximum Gasteiger partial charge on any atom is 0.257 e. The molecule has 3 atom stereocenters. The lowest BCUT2D eigenvalue weighted by molar-refractivity contribution is -0.132. The second-order valence-corrected chi connectivity index (χ2v) is 11.0. The summed E-state index contributed by atoms with van der Waals surface area (Å²) in [4.78, 5) is 38.5. The van der Waals surface area contributed by atoms with Gasteiger partial charge in [0.1, 0.15) is 5.82 Å². The number of amides is 2. The first-order valence-corrected chi connectivity index (χ1v) is 13.3. The predicted octanol–water partition coefficient (Wildman–Crippen LogP) is 4.31. The number of hydrogen-bond acceptors (Lipinski definition) is 6. The van der Waals surface area contributed by atoms with E-state index in [-0.39, 0.29) is 52.8 Å². The van der Waals surface area contributed by atoms with Gasteiger partial charge in [-0.15, -0.1) is 0 Å². The minimum Gasteiger partial charge on any atom is -0.359 e. The highest BCUT2D eigenvalue weighted by Crippen LogP contribution is 2.38. The Hall–Kier alpha value is -3.59. The van der Waals surface area contributed by atoms with Gasteiger partial charge in [-0.2, -0.15) is 0 Å². The number of aromatic nitrogens is 2. The SMILES string of the molecule is CC(C)N1CCN(c2cnc3c(C(=O)Nc4cnccc4[C@@H]4C[C@H](C)C[C@H](N)C4)ccc(F)c3c2)CC1=O. The number of halogens is 1. The molecule has 0 spiro atoms. The molecule has 0 unspecified atom stereocenters. The first-order chi connectivity index (χ1) is 18.2. The van der Waals surface area contributed by atoms with Crippen LogP contribution in [0, 0.1) is 11.7 Å². The Balaban J connectivity index is 1.41. The topological polar surface area (TPSA) is 104 Å². The summed E-state index contributed by atoms with van der Waals surface area (Å²) in [5, 5.41) is 3.24. The van der Waals surface area contributed by atoms with E-state index in [9.17, 15) is 14.0 Å². The molecule has 2 fully saturated rings. The molecule has 1 aliphatic heterocycles. The quantitative estimate of drug-likeness (QED) is 0.522. The molecular weight excluding hydrogens is 483 g/mol. The lowest BCUT2D eigenvalue weighted by Crippen LogP contribution is -2.52. The Kier molecular flexibility index (Phi) is 7.29. The third-order valence-corrected chi connectivity index (χ3v) is 7.79. The van der Waals surface area contributed by atoms with Crippen LogP contribution in [-0.4, -0.2) is 58.4 Å². The van der Waals surface area contributed by atoms with Crippen LogP contribution < -0.4 is 16.0 Å². The molecule has 2 aliphatic rings. The normalized spacial score (nSPS) is 22.3. The third-order valence-electron chi connectivity index (χ3n) is 7.79. The molecule has 1 aliphatic carbocycles. The molecule has 3 aromatic rings. The van der Waals surface area contributed by atoms with Gasteiger partial charge in [0.15, 0.2) is 0 Å². The molecule has 38 heavy (non-hydrogen) atoms. The van der Waals surface area contributed by atoms with Crippen molar-refractivity contribution in [1.29, 1.82) is 0 Å². The number of fused-ring (bicyclic) bond motifs is 1. The van der Waals surface area contributed by atoms with Gasteiger partial charge in [0.25, 0.3) is 5.91 Å². The number of benzene rings is 1. The summed E-state index contributed by atoms with van der Waals surface area (Å²) in [6.07, 6.45) is 7.85. The number of carbonyl (C=O) groups is 2. The summed E-state index contributed by atoms with van der Waals surface area (Å²) >= 11 is 0. The van der Waals surface area contributed by atoms with Crippen molar-refractivity contribution in [1.82, 2.24) is 14.9 Å². The summed E-state index contributed by atoms with van der Waals surface area (Å²) in [5.74, 6) is -0.0793. The van der Waals surface area contributed by atoms with Gasteiger partial charge in [0, 0.05) is 36.8 Å². The van der Waals surface area contributed by atoms with Crippen molar-refractivity contribution >= 4 is 34.1 Å². The van der Waals surface area contributed by atoms with Crippen LogP contribution >= 0.6 is 0 Å². The van der Waals surface area contributed by atoms with Crippen molar-refractivity contribution in [2.24, 2.45) is 11.7 Å². The fraction of sp³-hybridized carbons (Fsp3) is 0.448. The molecular formula is C29H35FN6O2. The van der Waals surface area contributed by atoms with E-state index in [2.05, 4.69) is 22.2 Å². The Morgan fingerprint density at radius 2 is 1.97 bits per heavy atom. The Bertz CT molecular complexity index is 1350. The predicted molar refractivity (Wildman–Crippen MR) is 147 cm³/mol. The zero-order valence-corrected chi connectivity index (χ0v) is 22.2. The lowest BCUT2D eigenvalue weighted by Gasteiger charge is -2.37. The van der Waals surface area contributed by atoms with Crippen LogP contribution in [0.3, 0.4) is 0 Å². The monoisotopic (exact) mass is 518 g/mol. The highest BCUT2D eigenvalue weighted by Gasteiger charge is 2.29.